The van der Waals surface area contributed by atoms with Gasteiger partial charge in [0.05, 0.1) is 45.7 Å². The van der Waals surface area contributed by atoms with E-state index in [9.17, 15) is 79.9 Å². The van der Waals surface area contributed by atoms with Crippen molar-refractivity contribution in [1.82, 2.24) is 5.32 Å². The van der Waals surface area contributed by atoms with Crippen LogP contribution >= 0.6 is 15.6 Å². The molecule has 15 N–H and O–H groups in total. The standard InChI is InChI=1S/C23H47NO23P2/c1-9(27)18(33)12(30)5-42-49(40,41)45-8-16(47-23-17(24-10(2)28)22(37)21(36)15(4-26)46-23)20(35)14(32)7-44-48(38,39)43-6-13(31)19(34)11(29)3-25/h9,11-23,25-27,29-37H,3-8H2,1-2H3,(H,24,28)(H,38,39)(H,40,41)/t9-,11+,12+,13-,14+,15-,16-,17-,18-,19+,20+,21-,22-,23+/m1/s1. The van der Waals surface area contributed by atoms with Gasteiger partial charge in [-0.25, -0.2) is 9.13 Å². The third-order valence-corrected chi connectivity index (χ3v) is 8.73. The van der Waals surface area contributed by atoms with Gasteiger partial charge >= 0.3 is 15.6 Å². The molecule has 1 amide bonds. The first kappa shape index (κ1) is 46.2. The Balaban J connectivity index is 3.16. The first-order chi connectivity index (χ1) is 22.6. The van der Waals surface area contributed by atoms with Crippen LogP contribution in [0.3, 0.4) is 0 Å². The van der Waals surface area contributed by atoms with Crippen LogP contribution in [0.2, 0.25) is 0 Å². The summed E-state index contributed by atoms with van der Waals surface area (Å²) in [6, 6.07) is -1.65. The molecule has 16 atom stereocenters. The van der Waals surface area contributed by atoms with Crippen molar-refractivity contribution < 1.29 is 113 Å². The van der Waals surface area contributed by atoms with Gasteiger partial charge in [-0.1, -0.05) is 0 Å². The molecule has 1 saturated heterocycles. The van der Waals surface area contributed by atoms with Gasteiger partial charge in [0.15, 0.2) is 6.29 Å². The average molecular weight is 768 g/mol. The molecule has 0 bridgehead atoms. The fourth-order valence-corrected chi connectivity index (χ4v) is 5.47. The van der Waals surface area contributed by atoms with Gasteiger partial charge < -0.3 is 85.9 Å². The highest BCUT2D eigenvalue weighted by molar-refractivity contribution is 7.47. The smallest absolute Gasteiger partial charge is 0.394 e. The molecule has 0 radical (unpaired) electrons. The molecular formula is C23H47NO23P2. The molecule has 0 aliphatic carbocycles. The Bertz CT molecular complexity index is 1070. The van der Waals surface area contributed by atoms with E-state index in [1.54, 1.807) is 0 Å². The molecule has 1 aliphatic rings. The predicted molar refractivity (Wildman–Crippen MR) is 155 cm³/mol. The van der Waals surface area contributed by atoms with E-state index < -0.39 is 147 Å². The van der Waals surface area contributed by atoms with Crippen molar-refractivity contribution >= 4 is 21.6 Å². The van der Waals surface area contributed by atoms with Crippen LogP contribution in [0.25, 0.3) is 0 Å². The maximum absolute atomic E-state index is 12.5. The summed E-state index contributed by atoms with van der Waals surface area (Å²) in [5.74, 6) is -0.800. The zero-order chi connectivity index (χ0) is 37.9. The van der Waals surface area contributed by atoms with E-state index in [-0.39, 0.29) is 0 Å². The fourth-order valence-electron chi connectivity index (χ4n) is 3.96. The van der Waals surface area contributed by atoms with Crippen molar-refractivity contribution in [2.75, 3.05) is 39.6 Å². The molecular weight excluding hydrogens is 720 g/mol. The summed E-state index contributed by atoms with van der Waals surface area (Å²) < 4.78 is 53.9. The molecule has 2 unspecified atom stereocenters. The van der Waals surface area contributed by atoms with Crippen LogP contribution in [0.1, 0.15) is 13.8 Å². The molecule has 0 aromatic heterocycles. The number of carbonyl (C=O) groups excluding carboxylic acids is 1. The number of nitrogens with one attached hydrogen (secondary N) is 1. The van der Waals surface area contributed by atoms with Gasteiger partial charge in [0, 0.05) is 6.92 Å². The Hall–Kier alpha value is -0.870. The van der Waals surface area contributed by atoms with E-state index in [4.69, 9.17) is 19.1 Å². The van der Waals surface area contributed by atoms with E-state index in [0.717, 1.165) is 13.8 Å². The highest BCUT2D eigenvalue weighted by Gasteiger charge is 2.47. The molecule has 0 saturated carbocycles. The predicted octanol–water partition coefficient (Wildman–Crippen LogP) is -7.52. The van der Waals surface area contributed by atoms with E-state index in [1.807, 2.05) is 0 Å². The van der Waals surface area contributed by atoms with Crippen LogP contribution in [-0.4, -0.2) is 202 Å². The fraction of sp³-hybridized carbons (Fsp3) is 0.957. The molecule has 0 spiro atoms. The second kappa shape index (κ2) is 21.0. The van der Waals surface area contributed by atoms with Crippen molar-refractivity contribution in [3.8, 4) is 0 Å². The van der Waals surface area contributed by atoms with Crippen molar-refractivity contribution in [3.63, 3.8) is 0 Å². The number of phosphoric ester groups is 2. The number of amides is 1. The molecule has 1 aliphatic heterocycles. The molecule has 0 aromatic carbocycles. The molecule has 1 fully saturated rings. The quantitative estimate of drug-likeness (QED) is 0.0429. The van der Waals surface area contributed by atoms with Gasteiger partial charge in [-0.15, -0.1) is 0 Å². The Kier molecular flexibility index (Phi) is 19.8. The van der Waals surface area contributed by atoms with Gasteiger partial charge in [0.2, 0.25) is 5.91 Å². The van der Waals surface area contributed by atoms with Crippen molar-refractivity contribution in [2.45, 2.75) is 99.4 Å². The first-order valence-corrected chi connectivity index (χ1v) is 17.4. The minimum absolute atomic E-state index is 0.800. The third-order valence-electron chi connectivity index (χ3n) is 6.83. The minimum atomic E-state index is -5.23. The van der Waals surface area contributed by atoms with Crippen LogP contribution < -0.4 is 5.32 Å². The highest BCUT2D eigenvalue weighted by atomic mass is 31.2. The number of rotatable bonds is 23. The monoisotopic (exact) mass is 767 g/mol. The number of aliphatic hydroxyl groups excluding tert-OH is 12. The minimum Gasteiger partial charge on any atom is -0.394 e. The van der Waals surface area contributed by atoms with Crippen molar-refractivity contribution in [2.24, 2.45) is 0 Å². The summed E-state index contributed by atoms with van der Waals surface area (Å²) in [4.78, 5) is 31.7. The summed E-state index contributed by atoms with van der Waals surface area (Å²) in [5.41, 5.74) is 0. The SMILES string of the molecule is CC(=O)N[C@H]1[C@H](O[C@H](COP(=O)(O)OC[C@H](O)[C@H](O)[C@@H](C)O)[C@@H](O)[C@@H](O)COP(=O)(O)OC[C@@H](O)[C@@H](O)[C@@H](O)CO)O[C@H](CO)[C@@H](O)[C@@H]1O. The van der Waals surface area contributed by atoms with E-state index >= 15 is 0 Å². The van der Waals surface area contributed by atoms with Gasteiger partial charge in [-0.05, 0) is 6.92 Å². The zero-order valence-electron chi connectivity index (χ0n) is 26.2. The highest BCUT2D eigenvalue weighted by Crippen LogP contribution is 2.45. The van der Waals surface area contributed by atoms with Gasteiger partial charge in [-0.3, -0.25) is 22.9 Å². The molecule has 292 valence electrons. The summed E-state index contributed by atoms with van der Waals surface area (Å²) in [6.07, 6.45) is -24.9. The second-order valence-electron chi connectivity index (χ2n) is 10.9. The Morgan fingerprint density at radius 3 is 1.61 bits per heavy atom. The summed E-state index contributed by atoms with van der Waals surface area (Å²) >= 11 is 0. The molecule has 49 heavy (non-hydrogen) atoms. The normalized spacial score (nSPS) is 29.7. The number of ether oxygens (including phenoxy) is 2. The Morgan fingerprint density at radius 2 is 1.18 bits per heavy atom. The lowest BCUT2D eigenvalue weighted by molar-refractivity contribution is -0.294. The molecule has 1 rings (SSSR count). The summed E-state index contributed by atoms with van der Waals surface area (Å²) in [5, 5.41) is 120. The van der Waals surface area contributed by atoms with Crippen molar-refractivity contribution in [3.05, 3.63) is 0 Å². The maximum atomic E-state index is 12.5. The number of phosphoric acid groups is 2. The average Bonchev–Trinajstić information content (AvgIpc) is 3.04. The Labute approximate surface area is 278 Å². The maximum Gasteiger partial charge on any atom is 0.472 e. The largest absolute Gasteiger partial charge is 0.472 e. The molecule has 1 heterocycles. The van der Waals surface area contributed by atoms with Gasteiger partial charge in [0.25, 0.3) is 0 Å². The third kappa shape index (κ3) is 15.3. The van der Waals surface area contributed by atoms with Crippen LogP contribution in [0.4, 0.5) is 0 Å². The van der Waals surface area contributed by atoms with Crippen LogP contribution in [0.5, 0.6) is 0 Å². The van der Waals surface area contributed by atoms with Crippen molar-refractivity contribution in [1.29, 1.82) is 0 Å². The van der Waals surface area contributed by atoms with Gasteiger partial charge in [0.1, 0.15) is 73.2 Å². The lowest BCUT2D eigenvalue weighted by Crippen LogP contribution is -2.65. The lowest BCUT2D eigenvalue weighted by atomic mass is 9.96. The topological polar surface area (TPSA) is 402 Å². The van der Waals surface area contributed by atoms with E-state index in [1.165, 1.54) is 0 Å². The van der Waals surface area contributed by atoms with E-state index in [2.05, 4.69) is 18.9 Å². The number of hydrogen-bond acceptors (Lipinski definition) is 21. The van der Waals surface area contributed by atoms with Crippen LogP contribution in [-0.2, 0) is 41.5 Å². The number of aliphatic hydroxyl groups is 12. The molecule has 24 nitrogen and oxygen atoms in total. The summed E-state index contributed by atoms with van der Waals surface area (Å²) in [6.45, 7) is -4.54. The number of carbonyl (C=O) groups is 1. The summed E-state index contributed by atoms with van der Waals surface area (Å²) in [7, 11) is -10.4. The number of hydrogen-bond donors (Lipinski definition) is 15. The zero-order valence-corrected chi connectivity index (χ0v) is 27.9. The molecule has 0 aromatic rings. The Morgan fingerprint density at radius 1 is 0.735 bits per heavy atom. The lowest BCUT2D eigenvalue weighted by Gasteiger charge is -2.43. The van der Waals surface area contributed by atoms with Gasteiger partial charge in [-0.2, -0.15) is 0 Å². The van der Waals surface area contributed by atoms with E-state index in [0.29, 0.717) is 0 Å². The molecule has 26 heteroatoms. The van der Waals surface area contributed by atoms with Crippen LogP contribution in [0.15, 0.2) is 0 Å². The second-order valence-corrected chi connectivity index (χ2v) is 13.8. The van der Waals surface area contributed by atoms with Crippen LogP contribution in [0, 0.1) is 0 Å². The first-order valence-electron chi connectivity index (χ1n) is 14.4.